The molecule has 0 amide bonds. The van der Waals surface area contributed by atoms with Crippen molar-refractivity contribution >= 4 is 6.29 Å². The molecule has 0 bridgehead atoms. The predicted octanol–water partition coefficient (Wildman–Crippen LogP) is 1.33. The standard InChI is InChI=1S/C10H20O2.H2O/c1-9(6-8-11)5-4-7-10(2,3)12;/h8-9,12H,4-7H2,1-3H3;1H2. The first kappa shape index (κ1) is 15.1. The molecular weight excluding hydrogens is 168 g/mol. The van der Waals surface area contributed by atoms with Crippen LogP contribution in [0.1, 0.15) is 46.5 Å². The van der Waals surface area contributed by atoms with Crippen LogP contribution in [0.25, 0.3) is 0 Å². The molecule has 1 unspecified atom stereocenters. The first-order chi connectivity index (χ1) is 5.45. The fourth-order valence-electron chi connectivity index (χ4n) is 1.17. The van der Waals surface area contributed by atoms with Crippen LogP contribution in [0.15, 0.2) is 0 Å². The van der Waals surface area contributed by atoms with Crippen LogP contribution in [0, 0.1) is 5.92 Å². The summed E-state index contributed by atoms with van der Waals surface area (Å²) in [6, 6.07) is 0. The second-order valence-electron chi connectivity index (χ2n) is 4.21. The van der Waals surface area contributed by atoms with Gasteiger partial charge in [-0.05, 0) is 26.2 Å². The Kier molecular flexibility index (Phi) is 8.16. The van der Waals surface area contributed by atoms with Crippen LogP contribution >= 0.6 is 0 Å². The summed E-state index contributed by atoms with van der Waals surface area (Å²) in [7, 11) is 0. The largest absolute Gasteiger partial charge is 0.412 e. The van der Waals surface area contributed by atoms with Crippen molar-refractivity contribution in [3.05, 3.63) is 0 Å². The molecule has 13 heavy (non-hydrogen) atoms. The maximum absolute atomic E-state index is 10.1. The van der Waals surface area contributed by atoms with Crippen LogP contribution in [0.3, 0.4) is 0 Å². The number of hydrogen-bond donors (Lipinski definition) is 1. The Morgan fingerprint density at radius 1 is 1.46 bits per heavy atom. The minimum absolute atomic E-state index is 0. The van der Waals surface area contributed by atoms with E-state index in [0.717, 1.165) is 25.5 Å². The van der Waals surface area contributed by atoms with E-state index >= 15 is 0 Å². The van der Waals surface area contributed by atoms with Gasteiger partial charge in [0.25, 0.3) is 0 Å². The van der Waals surface area contributed by atoms with E-state index in [0.29, 0.717) is 12.3 Å². The molecule has 3 nitrogen and oxygen atoms in total. The third kappa shape index (κ3) is 11.6. The Balaban J connectivity index is 0. The molecule has 80 valence electrons. The van der Waals surface area contributed by atoms with Gasteiger partial charge in [-0.2, -0.15) is 0 Å². The van der Waals surface area contributed by atoms with E-state index in [9.17, 15) is 9.90 Å². The Labute approximate surface area is 80.5 Å². The molecule has 3 heteroatoms. The van der Waals surface area contributed by atoms with Crippen molar-refractivity contribution in [3.8, 4) is 0 Å². The average Bonchev–Trinajstić information content (AvgIpc) is 1.84. The average molecular weight is 190 g/mol. The van der Waals surface area contributed by atoms with Crippen molar-refractivity contribution in [1.82, 2.24) is 0 Å². The number of carbonyl (C=O) groups excluding carboxylic acids is 1. The highest BCUT2D eigenvalue weighted by molar-refractivity contribution is 5.49. The van der Waals surface area contributed by atoms with Gasteiger partial charge in [0.2, 0.25) is 0 Å². The lowest BCUT2D eigenvalue weighted by atomic mass is 9.96. The van der Waals surface area contributed by atoms with Crippen molar-refractivity contribution in [2.45, 2.75) is 52.1 Å². The van der Waals surface area contributed by atoms with Gasteiger partial charge in [-0.3, -0.25) is 0 Å². The highest BCUT2D eigenvalue weighted by Gasteiger charge is 2.12. The second-order valence-corrected chi connectivity index (χ2v) is 4.21. The van der Waals surface area contributed by atoms with Gasteiger partial charge in [0.1, 0.15) is 6.29 Å². The third-order valence-corrected chi connectivity index (χ3v) is 1.98. The van der Waals surface area contributed by atoms with E-state index in [-0.39, 0.29) is 5.48 Å². The Morgan fingerprint density at radius 2 is 2.00 bits per heavy atom. The summed E-state index contributed by atoms with van der Waals surface area (Å²) in [5, 5.41) is 9.39. The lowest BCUT2D eigenvalue weighted by molar-refractivity contribution is -0.108. The summed E-state index contributed by atoms with van der Waals surface area (Å²) in [6.45, 7) is 5.70. The van der Waals surface area contributed by atoms with E-state index in [1.54, 1.807) is 0 Å². The molecule has 0 saturated heterocycles. The summed E-state index contributed by atoms with van der Waals surface area (Å²) in [5.74, 6) is 0.463. The summed E-state index contributed by atoms with van der Waals surface area (Å²) < 4.78 is 0. The minimum Gasteiger partial charge on any atom is -0.412 e. The van der Waals surface area contributed by atoms with Gasteiger partial charge in [0.05, 0.1) is 5.60 Å². The monoisotopic (exact) mass is 190 g/mol. The van der Waals surface area contributed by atoms with E-state index in [1.165, 1.54) is 0 Å². The van der Waals surface area contributed by atoms with Gasteiger partial charge in [-0.25, -0.2) is 0 Å². The van der Waals surface area contributed by atoms with E-state index in [4.69, 9.17) is 0 Å². The Hall–Kier alpha value is -0.410. The van der Waals surface area contributed by atoms with Crippen molar-refractivity contribution < 1.29 is 15.4 Å². The quantitative estimate of drug-likeness (QED) is 0.642. The van der Waals surface area contributed by atoms with Crippen LogP contribution in [-0.4, -0.2) is 22.5 Å². The molecule has 0 aliphatic heterocycles. The molecule has 0 radical (unpaired) electrons. The molecule has 0 saturated carbocycles. The van der Waals surface area contributed by atoms with E-state index in [2.05, 4.69) is 6.92 Å². The zero-order valence-corrected chi connectivity index (χ0v) is 8.84. The molecule has 0 spiro atoms. The fourth-order valence-corrected chi connectivity index (χ4v) is 1.17. The van der Waals surface area contributed by atoms with Gasteiger partial charge in [0.15, 0.2) is 0 Å². The molecule has 0 aromatic carbocycles. The van der Waals surface area contributed by atoms with Crippen molar-refractivity contribution in [3.63, 3.8) is 0 Å². The highest BCUT2D eigenvalue weighted by Crippen LogP contribution is 2.16. The number of rotatable bonds is 6. The van der Waals surface area contributed by atoms with Crippen LogP contribution < -0.4 is 0 Å². The molecule has 0 heterocycles. The van der Waals surface area contributed by atoms with Crippen molar-refractivity contribution in [1.29, 1.82) is 0 Å². The van der Waals surface area contributed by atoms with Gasteiger partial charge in [-0.15, -0.1) is 0 Å². The first-order valence-corrected chi connectivity index (χ1v) is 4.61. The first-order valence-electron chi connectivity index (χ1n) is 4.61. The molecule has 0 aromatic heterocycles. The van der Waals surface area contributed by atoms with Crippen LogP contribution in [0.4, 0.5) is 0 Å². The smallest absolute Gasteiger partial charge is 0.120 e. The molecule has 3 N–H and O–H groups in total. The minimum atomic E-state index is -0.555. The molecule has 0 fully saturated rings. The summed E-state index contributed by atoms with van der Waals surface area (Å²) in [5.41, 5.74) is -0.555. The Morgan fingerprint density at radius 3 is 2.38 bits per heavy atom. The SMILES string of the molecule is CC(CC=O)CCCC(C)(C)O.O. The molecule has 0 aliphatic rings. The van der Waals surface area contributed by atoms with Gasteiger partial charge < -0.3 is 15.4 Å². The lowest BCUT2D eigenvalue weighted by Crippen LogP contribution is -2.18. The summed E-state index contributed by atoms with van der Waals surface area (Å²) in [6.07, 6.45) is 4.46. The zero-order valence-electron chi connectivity index (χ0n) is 8.84. The second kappa shape index (κ2) is 7.04. The molecule has 0 aliphatic carbocycles. The lowest BCUT2D eigenvalue weighted by Gasteiger charge is -2.17. The van der Waals surface area contributed by atoms with Gasteiger partial charge in [-0.1, -0.05) is 19.8 Å². The predicted molar refractivity (Wildman–Crippen MR) is 53.6 cm³/mol. The summed E-state index contributed by atoms with van der Waals surface area (Å²) in [4.78, 5) is 10.1. The number of aldehydes is 1. The van der Waals surface area contributed by atoms with Crippen LogP contribution in [-0.2, 0) is 4.79 Å². The summed E-state index contributed by atoms with van der Waals surface area (Å²) >= 11 is 0. The van der Waals surface area contributed by atoms with Crippen LogP contribution in [0.2, 0.25) is 0 Å². The van der Waals surface area contributed by atoms with Gasteiger partial charge in [0, 0.05) is 6.42 Å². The topological polar surface area (TPSA) is 68.8 Å². The van der Waals surface area contributed by atoms with E-state index < -0.39 is 5.60 Å². The maximum atomic E-state index is 10.1. The Bertz CT molecular complexity index is 127. The zero-order chi connectivity index (χ0) is 9.61. The fraction of sp³-hybridized carbons (Fsp3) is 0.900. The van der Waals surface area contributed by atoms with Crippen LogP contribution in [0.5, 0.6) is 0 Å². The number of aliphatic hydroxyl groups is 1. The maximum Gasteiger partial charge on any atom is 0.120 e. The normalized spacial score (nSPS) is 13.2. The third-order valence-electron chi connectivity index (χ3n) is 1.98. The molecule has 0 aromatic rings. The van der Waals surface area contributed by atoms with Crippen molar-refractivity contribution in [2.75, 3.05) is 0 Å². The molecular formula is C10H22O3. The molecule has 1 atom stereocenters. The number of hydrogen-bond acceptors (Lipinski definition) is 2. The number of carbonyl (C=O) groups is 1. The highest BCUT2D eigenvalue weighted by atomic mass is 16.3. The van der Waals surface area contributed by atoms with E-state index in [1.807, 2.05) is 13.8 Å². The molecule has 0 rings (SSSR count). The van der Waals surface area contributed by atoms with Crippen molar-refractivity contribution in [2.24, 2.45) is 5.92 Å². The van der Waals surface area contributed by atoms with Gasteiger partial charge >= 0.3 is 0 Å².